The second-order valence-corrected chi connectivity index (χ2v) is 7.21. The van der Waals surface area contributed by atoms with Crippen molar-refractivity contribution in [3.8, 4) is 0 Å². The lowest BCUT2D eigenvalue weighted by molar-refractivity contribution is -0.195. The summed E-state index contributed by atoms with van der Waals surface area (Å²) in [5, 5.41) is 39.0. The van der Waals surface area contributed by atoms with Gasteiger partial charge in [-0.1, -0.05) is 13.2 Å². The van der Waals surface area contributed by atoms with Gasteiger partial charge in [0.2, 0.25) is 0 Å². The van der Waals surface area contributed by atoms with Gasteiger partial charge < -0.3 is 20.4 Å². The molecule has 8 nitrogen and oxygen atoms in total. The molecule has 0 atom stereocenters. The Morgan fingerprint density at radius 2 is 0.750 bits per heavy atom. The second-order valence-electron chi connectivity index (χ2n) is 7.21. The molecule has 4 bridgehead atoms. The molecule has 0 saturated heterocycles. The topological polar surface area (TPSA) is 149 Å². The average Bonchev–Trinajstić information content (AvgIpc) is 2.45. The molecule has 0 radical (unpaired) electrons. The summed E-state index contributed by atoms with van der Waals surface area (Å²) >= 11 is 0. The molecule has 0 aromatic heterocycles. The van der Waals surface area contributed by atoms with Gasteiger partial charge in [-0.25, -0.2) is 0 Å². The van der Waals surface area contributed by atoms with E-state index in [1.54, 1.807) is 0 Å². The Kier molecular flexibility index (Phi) is 2.74. The third-order valence-electron chi connectivity index (χ3n) is 6.36. The number of carboxylic acids is 4. The quantitative estimate of drug-likeness (QED) is 0.555. The lowest BCUT2D eigenvalue weighted by Crippen LogP contribution is -2.70. The number of hydrogen-bond donors (Lipinski definition) is 4. The van der Waals surface area contributed by atoms with Crippen molar-refractivity contribution in [2.24, 2.45) is 21.7 Å². The Morgan fingerprint density at radius 1 is 0.583 bits per heavy atom. The highest BCUT2D eigenvalue weighted by Gasteiger charge is 2.79. The number of aliphatic carboxylic acids is 4. The lowest BCUT2D eigenvalue weighted by Gasteiger charge is -2.67. The zero-order chi connectivity index (χ0) is 18.3. The van der Waals surface area contributed by atoms with Gasteiger partial charge in [0, 0.05) is 0 Å². The van der Waals surface area contributed by atoms with Crippen molar-refractivity contribution in [1.29, 1.82) is 0 Å². The first-order chi connectivity index (χ1) is 10.9. The summed E-state index contributed by atoms with van der Waals surface area (Å²) < 4.78 is 0. The highest BCUT2D eigenvalue weighted by atomic mass is 16.4. The minimum absolute atomic E-state index is 0.115. The van der Waals surface area contributed by atoms with Crippen molar-refractivity contribution in [3.05, 3.63) is 24.3 Å². The average molecular weight is 336 g/mol. The Balaban J connectivity index is 2.42. The molecule has 4 aliphatic carbocycles. The summed E-state index contributed by atoms with van der Waals surface area (Å²) in [6, 6.07) is 0. The van der Waals surface area contributed by atoms with E-state index < -0.39 is 71.2 Å². The first-order valence-electron chi connectivity index (χ1n) is 7.25. The van der Waals surface area contributed by atoms with Crippen LogP contribution in [0.5, 0.6) is 0 Å². The van der Waals surface area contributed by atoms with Gasteiger partial charge >= 0.3 is 23.9 Å². The van der Waals surface area contributed by atoms with Crippen LogP contribution in [0.15, 0.2) is 24.3 Å². The molecule has 4 fully saturated rings. The maximum Gasteiger partial charge on any atom is 0.313 e. The molecule has 0 heterocycles. The maximum atomic E-state index is 12.0. The zero-order valence-electron chi connectivity index (χ0n) is 12.7. The summed E-state index contributed by atoms with van der Waals surface area (Å²) in [6.45, 7) is 7.34. The molecule has 0 aliphatic heterocycles. The summed E-state index contributed by atoms with van der Waals surface area (Å²) in [5.41, 5.74) is -7.87. The molecule has 4 saturated carbocycles. The molecular formula is C16H16O8. The van der Waals surface area contributed by atoms with Crippen LogP contribution in [0.25, 0.3) is 0 Å². The van der Waals surface area contributed by atoms with Crippen molar-refractivity contribution in [2.75, 3.05) is 0 Å². The predicted molar refractivity (Wildman–Crippen MR) is 77.0 cm³/mol. The number of carboxylic acid groups (broad SMARTS) is 4. The number of hydrogen-bond acceptors (Lipinski definition) is 4. The molecule has 0 unspecified atom stereocenters. The Hall–Kier alpha value is -2.64. The molecule has 4 N–H and O–H groups in total. The molecule has 0 aromatic carbocycles. The van der Waals surface area contributed by atoms with E-state index >= 15 is 0 Å². The smallest absolute Gasteiger partial charge is 0.313 e. The minimum atomic E-state index is -1.91. The molecule has 24 heavy (non-hydrogen) atoms. The molecule has 0 aromatic rings. The summed E-state index contributed by atoms with van der Waals surface area (Å²) in [7, 11) is 0. The molecule has 128 valence electrons. The molecule has 0 amide bonds. The largest absolute Gasteiger partial charge is 0.481 e. The van der Waals surface area contributed by atoms with Crippen molar-refractivity contribution in [1.82, 2.24) is 0 Å². The molecular weight excluding hydrogens is 320 g/mol. The van der Waals surface area contributed by atoms with E-state index in [9.17, 15) is 39.6 Å². The van der Waals surface area contributed by atoms with E-state index in [-0.39, 0.29) is 11.1 Å². The van der Waals surface area contributed by atoms with Gasteiger partial charge in [0.05, 0.1) is 21.7 Å². The van der Waals surface area contributed by atoms with E-state index in [2.05, 4.69) is 13.2 Å². The van der Waals surface area contributed by atoms with Crippen molar-refractivity contribution >= 4 is 23.9 Å². The van der Waals surface area contributed by atoms with Gasteiger partial charge in [0.25, 0.3) is 0 Å². The van der Waals surface area contributed by atoms with Crippen LogP contribution < -0.4 is 0 Å². The maximum absolute atomic E-state index is 12.0. The van der Waals surface area contributed by atoms with Crippen LogP contribution in [0, 0.1) is 21.7 Å². The predicted octanol–water partition coefficient (Wildman–Crippen LogP) is 0.984. The van der Waals surface area contributed by atoms with Crippen molar-refractivity contribution in [2.45, 2.75) is 25.7 Å². The Labute approximate surface area is 136 Å². The van der Waals surface area contributed by atoms with E-state index in [0.717, 1.165) is 0 Å². The van der Waals surface area contributed by atoms with Gasteiger partial charge in [0.1, 0.15) is 0 Å². The van der Waals surface area contributed by atoms with Gasteiger partial charge in [-0.2, -0.15) is 0 Å². The van der Waals surface area contributed by atoms with E-state index in [0.29, 0.717) is 0 Å². The van der Waals surface area contributed by atoms with Gasteiger partial charge in [-0.15, -0.1) is 0 Å². The van der Waals surface area contributed by atoms with Crippen LogP contribution in [-0.2, 0) is 19.2 Å². The molecule has 8 heteroatoms. The van der Waals surface area contributed by atoms with Crippen LogP contribution in [0.3, 0.4) is 0 Å². The third-order valence-corrected chi connectivity index (χ3v) is 6.36. The monoisotopic (exact) mass is 336 g/mol. The highest BCUT2D eigenvalue weighted by Crippen LogP contribution is 2.77. The van der Waals surface area contributed by atoms with Crippen LogP contribution in [-0.4, -0.2) is 44.3 Å². The summed E-state index contributed by atoms with van der Waals surface area (Å²) in [6.07, 6.45) is -1.70. The van der Waals surface area contributed by atoms with Crippen molar-refractivity contribution in [3.63, 3.8) is 0 Å². The fraction of sp³-hybridized carbons (Fsp3) is 0.500. The van der Waals surface area contributed by atoms with E-state index in [1.165, 1.54) is 0 Å². The van der Waals surface area contributed by atoms with Crippen LogP contribution in [0.2, 0.25) is 0 Å². The molecule has 0 spiro atoms. The lowest BCUT2D eigenvalue weighted by atomic mass is 9.32. The number of carbonyl (C=O) groups is 4. The van der Waals surface area contributed by atoms with Gasteiger partial charge in [0.15, 0.2) is 0 Å². The standard InChI is InChI=1S/C16H16O8/c1-7-13(9(17)18)3-15(11(21)22)5-14(7,10(19)20)6-16(4-13,8(15)2)12(23)24/h1-6H2,(H,17,18)(H,19,20)(H,21,22)(H,23,24). The molecule has 4 aliphatic rings. The Morgan fingerprint density at radius 3 is 0.875 bits per heavy atom. The fourth-order valence-corrected chi connectivity index (χ4v) is 5.20. The van der Waals surface area contributed by atoms with Gasteiger partial charge in [-0.05, 0) is 36.8 Å². The number of rotatable bonds is 4. The fourth-order valence-electron chi connectivity index (χ4n) is 5.20. The Bertz CT molecular complexity index is 626. The zero-order valence-corrected chi connectivity index (χ0v) is 12.7. The van der Waals surface area contributed by atoms with Gasteiger partial charge in [-0.3, -0.25) is 19.2 Å². The normalized spacial score (nSPS) is 42.8. The third kappa shape index (κ3) is 1.36. The van der Waals surface area contributed by atoms with Crippen LogP contribution >= 0.6 is 0 Å². The van der Waals surface area contributed by atoms with Crippen molar-refractivity contribution < 1.29 is 39.6 Å². The van der Waals surface area contributed by atoms with E-state index in [4.69, 9.17) is 0 Å². The van der Waals surface area contributed by atoms with E-state index in [1.807, 2.05) is 0 Å². The van der Waals surface area contributed by atoms with Crippen LogP contribution in [0.4, 0.5) is 0 Å². The highest BCUT2D eigenvalue weighted by molar-refractivity contribution is 5.97. The summed E-state index contributed by atoms with van der Waals surface area (Å²) in [5.74, 6) is -5.77. The SMILES string of the molecule is C=C1C2(C(=O)O)CC3(C(=O)O)CC1(C(=O)O)CC(C(=O)O)(C2)C3=C. The second kappa shape index (κ2) is 4.06. The first-order valence-corrected chi connectivity index (χ1v) is 7.25. The molecule has 4 rings (SSSR count). The van der Waals surface area contributed by atoms with Crippen LogP contribution in [0.1, 0.15) is 25.7 Å². The summed E-state index contributed by atoms with van der Waals surface area (Å²) in [4.78, 5) is 48.0. The minimum Gasteiger partial charge on any atom is -0.481 e. The first kappa shape index (κ1) is 16.2.